The first-order valence-corrected chi connectivity index (χ1v) is 40.2. The molecule has 6 aromatic rings. The molecular formula is C56H79Cl5N10O26P4. The zero-order valence-electron chi connectivity index (χ0n) is 56.1. The second kappa shape index (κ2) is 43.5. The van der Waals surface area contributed by atoms with Crippen molar-refractivity contribution in [3.63, 3.8) is 0 Å². The summed E-state index contributed by atoms with van der Waals surface area (Å²) in [4.78, 5) is 71.5. The van der Waals surface area contributed by atoms with Gasteiger partial charge in [-0.2, -0.15) is 0 Å². The van der Waals surface area contributed by atoms with Crippen molar-refractivity contribution in [1.29, 1.82) is 0 Å². The number of nitrogen functional groups attached to an aromatic ring is 1. The Morgan fingerprint density at radius 1 is 0.634 bits per heavy atom. The van der Waals surface area contributed by atoms with Crippen LogP contribution in [0.25, 0.3) is 22.3 Å². The average Bonchev–Trinajstić information content (AvgIpc) is 1.72. The first-order chi connectivity index (χ1) is 47.5. The Kier molecular flexibility index (Phi) is 37.7. The van der Waals surface area contributed by atoms with Crippen molar-refractivity contribution in [2.45, 2.75) is 144 Å². The van der Waals surface area contributed by atoms with Gasteiger partial charge in [-0.15, -0.1) is 0 Å². The summed E-state index contributed by atoms with van der Waals surface area (Å²) in [6.45, 7) is 13.8. The highest BCUT2D eigenvalue weighted by molar-refractivity contribution is 8.24. The standard InChI is InChI=1S/C28H38ClN5O13P2.C19H30N5O10P.C9H11ClO2.Cl3OP/c1-18(2)45-27(35)39-15-43-48(37,44-16-40-28(36)46-19(3)4)17-41-20(5)12-34-14-32-24-25(30-13-31-26(24)34)33-49(38)42-10-9-23(47-49)21-7-6-8-22(29)11-21;1-12(2)33-18(25)28-9-31-35(27,32-10-29-19(26)34-13(3)4)11-30-14(5)6-24-8-23-15-16(20)21-7-22-17(15)24;10-8-3-1-2-7(6-8)9(12)4-5-11;1-5(2,3)4/h6-8,11,13-14,18-20,23H,9-10,12,15-17H2,1-5H3,(H,30,31,33,38);7-8,12-14H,6,9-11H2,1-5H3,(H2,20,21,22);1-3,6,9,11-12H,4-5H2;/t20-,23?,49?;14-;;/m11../s1. The van der Waals surface area contributed by atoms with Crippen molar-refractivity contribution in [2.24, 2.45) is 0 Å². The molecule has 0 bridgehead atoms. The maximum atomic E-state index is 13.6. The van der Waals surface area contributed by atoms with Crippen LogP contribution < -0.4 is 10.8 Å². The fourth-order valence-corrected chi connectivity index (χ4v) is 11.7. The number of carbonyl (C=O) groups is 4. The topological polar surface area (TPSA) is 450 Å². The molecule has 4 aromatic heterocycles. The normalized spacial score (nSPS) is 15.6. The molecular weight excluding hydrogens is 1530 g/mol. The number of halogens is 5. The van der Waals surface area contributed by atoms with Gasteiger partial charge in [0, 0.05) is 29.5 Å². The number of nitrogens with zero attached hydrogens (tertiary/aromatic N) is 8. The summed E-state index contributed by atoms with van der Waals surface area (Å²) in [5.41, 5.74) is 8.85. The van der Waals surface area contributed by atoms with Crippen molar-refractivity contribution < 1.29 is 122 Å². The Morgan fingerprint density at radius 3 is 1.48 bits per heavy atom. The highest BCUT2D eigenvalue weighted by Gasteiger charge is 2.37. The molecule has 1 fully saturated rings. The Morgan fingerprint density at radius 2 is 1.05 bits per heavy atom. The number of hydrogen-bond donors (Lipinski definition) is 4. The first kappa shape index (κ1) is 87.6. The monoisotopic (exact) mass is 1610 g/mol. The molecule has 5 atom stereocenters. The second-order valence-electron chi connectivity index (χ2n) is 21.6. The van der Waals surface area contributed by atoms with Crippen LogP contribution in [0.1, 0.15) is 105 Å². The zero-order valence-corrected chi connectivity index (χ0v) is 63.4. The molecule has 45 heteroatoms. The predicted octanol–water partition coefficient (Wildman–Crippen LogP) is 14.4. The van der Waals surface area contributed by atoms with Crippen LogP contribution in [0.4, 0.5) is 30.8 Å². The van der Waals surface area contributed by atoms with Gasteiger partial charge in [-0.25, -0.2) is 53.6 Å². The summed E-state index contributed by atoms with van der Waals surface area (Å²) >= 11 is 25.7. The lowest BCUT2D eigenvalue weighted by atomic mass is 10.1. The van der Waals surface area contributed by atoms with Gasteiger partial charge in [-0.05, 0) is 138 Å². The Labute approximate surface area is 604 Å². The Bertz CT molecular complexity index is 3720. The van der Waals surface area contributed by atoms with Crippen LogP contribution in [0.5, 0.6) is 0 Å². The number of aliphatic hydroxyl groups excluding tert-OH is 2. The Balaban J connectivity index is 0.000000358. The summed E-state index contributed by atoms with van der Waals surface area (Å²) in [5, 5.41) is 18.7. The van der Waals surface area contributed by atoms with E-state index in [0.29, 0.717) is 39.7 Å². The highest BCUT2D eigenvalue weighted by atomic mass is 36.0. The molecule has 1 aliphatic rings. The third-order valence-electron chi connectivity index (χ3n) is 11.8. The quantitative estimate of drug-likeness (QED) is 0.0132. The van der Waals surface area contributed by atoms with Gasteiger partial charge >= 0.3 is 52.8 Å². The summed E-state index contributed by atoms with van der Waals surface area (Å²) in [5.74, 6) is 0.353. The van der Waals surface area contributed by atoms with Gasteiger partial charge in [0.15, 0.2) is 28.4 Å². The number of aliphatic hydroxyl groups is 2. The van der Waals surface area contributed by atoms with E-state index < -0.39 is 141 Å². The van der Waals surface area contributed by atoms with E-state index in [2.05, 4.69) is 68.7 Å². The lowest BCUT2D eigenvalue weighted by Crippen LogP contribution is -2.20. The van der Waals surface area contributed by atoms with Crippen LogP contribution in [-0.2, 0) is 106 Å². The smallest absolute Gasteiger partial charge is 0.432 e. The van der Waals surface area contributed by atoms with Gasteiger partial charge in [-0.1, -0.05) is 47.5 Å². The van der Waals surface area contributed by atoms with Crippen LogP contribution in [0.2, 0.25) is 10.0 Å². The molecule has 5 N–H and O–H groups in total. The van der Waals surface area contributed by atoms with Crippen LogP contribution in [0.15, 0.2) is 73.8 Å². The third-order valence-corrected chi connectivity index (χ3v) is 16.7. The van der Waals surface area contributed by atoms with Gasteiger partial charge in [0.05, 0.1) is 81.2 Å². The molecule has 564 valence electrons. The predicted molar refractivity (Wildman–Crippen MR) is 366 cm³/mol. The molecule has 0 aliphatic carbocycles. The van der Waals surface area contributed by atoms with Crippen LogP contribution in [0, 0.1) is 0 Å². The Hall–Kier alpha value is -5.81. The van der Waals surface area contributed by atoms with Crippen LogP contribution in [-0.4, -0.2) is 164 Å². The van der Waals surface area contributed by atoms with E-state index in [9.17, 15) is 42.5 Å². The van der Waals surface area contributed by atoms with Gasteiger partial charge in [0.1, 0.15) is 30.9 Å². The number of nitrogens with one attached hydrogen (secondary N) is 1. The van der Waals surface area contributed by atoms with E-state index in [4.69, 9.17) is 109 Å². The van der Waals surface area contributed by atoms with Crippen LogP contribution in [0.3, 0.4) is 0 Å². The lowest BCUT2D eigenvalue weighted by molar-refractivity contribution is -0.0390. The molecule has 101 heavy (non-hydrogen) atoms. The van der Waals surface area contributed by atoms with Gasteiger partial charge < -0.3 is 72.4 Å². The van der Waals surface area contributed by atoms with Gasteiger partial charge in [0.25, 0.3) is 0 Å². The van der Waals surface area contributed by atoms with E-state index >= 15 is 0 Å². The molecule has 2 aromatic carbocycles. The zero-order chi connectivity index (χ0) is 75.1. The number of imidazole rings is 2. The van der Waals surface area contributed by atoms with Crippen molar-refractivity contribution in [2.75, 3.05) is 63.9 Å². The number of carbonyl (C=O) groups excluding carboxylic acids is 4. The van der Waals surface area contributed by atoms with Crippen molar-refractivity contribution >= 4 is 144 Å². The van der Waals surface area contributed by atoms with Crippen molar-refractivity contribution in [1.82, 2.24) is 39.0 Å². The minimum atomic E-state index is -4.17. The molecule has 0 amide bonds. The maximum absolute atomic E-state index is 13.6. The van der Waals surface area contributed by atoms with Crippen LogP contribution >= 0.6 is 85.1 Å². The number of aromatic nitrogens is 8. The molecule has 36 nitrogen and oxygen atoms in total. The van der Waals surface area contributed by atoms with E-state index in [1.807, 2.05) is 6.07 Å². The number of benzene rings is 2. The highest BCUT2D eigenvalue weighted by Crippen LogP contribution is 2.61. The number of fused-ring (bicyclic) bond motifs is 2. The lowest BCUT2D eigenvalue weighted by Gasteiger charge is -2.30. The van der Waals surface area contributed by atoms with E-state index in [0.717, 1.165) is 11.1 Å². The molecule has 5 heterocycles. The number of anilines is 2. The molecule has 0 spiro atoms. The molecule has 7 rings (SSSR count). The molecule has 0 radical (unpaired) electrons. The fraction of sp³-hybridized carbons (Fsp3) is 0.536. The minimum absolute atomic E-state index is 0.0202. The second-order valence-corrected chi connectivity index (χ2v) is 34.8. The van der Waals surface area contributed by atoms with E-state index in [-0.39, 0.29) is 43.5 Å². The molecule has 3 unspecified atom stereocenters. The summed E-state index contributed by atoms with van der Waals surface area (Å²) in [7, 11) is -12.1. The first-order valence-electron chi connectivity index (χ1n) is 30.1. The van der Waals surface area contributed by atoms with Gasteiger partial charge in [-0.3, -0.25) is 45.9 Å². The number of rotatable bonds is 32. The largest absolute Gasteiger partial charge is 0.510 e. The maximum Gasteiger partial charge on any atom is 0.510 e. The molecule has 0 saturated carbocycles. The fourth-order valence-electron chi connectivity index (χ4n) is 7.63. The molecule has 1 aliphatic heterocycles. The number of hydrogen-bond acceptors (Lipinski definition) is 33. The van der Waals surface area contributed by atoms with Crippen molar-refractivity contribution in [3.05, 3.63) is 95.0 Å². The van der Waals surface area contributed by atoms with E-state index in [1.54, 1.807) is 121 Å². The summed E-state index contributed by atoms with van der Waals surface area (Å²) in [6.07, 6.45) is -3.04. The third kappa shape index (κ3) is 34.6. The average molecular weight is 1610 g/mol. The SMILES string of the molecule is CC(C)OC(=O)OCOP(=O)(CO[C@H](C)Cn1cnc2c(N)ncnc21)OCOC(=O)OC(C)C.CC(C)OC(=O)OCOP(=O)(CO[C@H](C)Cn1cnc2c(NP3(=O)OCCC(c4cccc(Cl)c4)O3)ncnc21)OCOC(=O)OC(C)C.O=P(Cl)(Cl)Cl.OCCC(O)c1cccc(Cl)c1. The molecule has 1 saturated heterocycles. The minimum Gasteiger partial charge on any atom is -0.432 e. The van der Waals surface area contributed by atoms with Gasteiger partial charge in [0.2, 0.25) is 27.2 Å². The van der Waals surface area contributed by atoms with Crippen molar-refractivity contribution in [3.8, 4) is 0 Å². The number of ether oxygens (including phenoxy) is 10. The summed E-state index contributed by atoms with van der Waals surface area (Å²) in [6, 6.07) is 14.1. The number of nitrogens with two attached hydrogens (primary N) is 1. The van der Waals surface area contributed by atoms with E-state index in [1.165, 1.54) is 25.3 Å². The summed E-state index contributed by atoms with van der Waals surface area (Å²) < 4.78 is 134.